The molecule has 0 spiro atoms. The Hall–Kier alpha value is -2.54. The summed E-state index contributed by atoms with van der Waals surface area (Å²) in [4.78, 5) is 15.0. The van der Waals surface area contributed by atoms with Gasteiger partial charge in [0.05, 0.1) is 16.6 Å². The molecule has 1 atom stereocenters. The second kappa shape index (κ2) is 6.52. The number of benzene rings is 1. The van der Waals surface area contributed by atoms with Crippen LogP contribution in [0.1, 0.15) is 29.0 Å². The Morgan fingerprint density at radius 3 is 2.71 bits per heavy atom. The standard InChI is InChI=1S/C17H15F2N3OS/c1-10(11-5-6-12(18)13(19)8-11)22(2)17(23)15-9-14(20-21-15)16-4-3-7-24-16/h3-10H,1-2H3,(H,20,21). The zero-order valence-corrected chi connectivity index (χ0v) is 13.9. The number of thiophene rings is 1. The molecular weight excluding hydrogens is 332 g/mol. The van der Waals surface area contributed by atoms with E-state index in [1.54, 1.807) is 31.4 Å². The first-order chi connectivity index (χ1) is 11.5. The molecule has 0 radical (unpaired) electrons. The van der Waals surface area contributed by atoms with Crippen molar-refractivity contribution >= 4 is 17.2 Å². The average Bonchev–Trinajstić information content (AvgIpc) is 3.26. The van der Waals surface area contributed by atoms with Gasteiger partial charge in [-0.25, -0.2) is 8.78 Å². The van der Waals surface area contributed by atoms with Crippen molar-refractivity contribution in [1.29, 1.82) is 0 Å². The minimum atomic E-state index is -0.931. The molecule has 1 unspecified atom stereocenters. The zero-order valence-electron chi connectivity index (χ0n) is 13.1. The van der Waals surface area contributed by atoms with E-state index in [4.69, 9.17) is 0 Å². The number of rotatable bonds is 4. The fourth-order valence-electron chi connectivity index (χ4n) is 2.34. The third-order valence-electron chi connectivity index (χ3n) is 3.91. The molecule has 0 aliphatic heterocycles. The van der Waals surface area contributed by atoms with Gasteiger partial charge in [-0.05, 0) is 42.1 Å². The second-order valence-electron chi connectivity index (χ2n) is 5.41. The van der Waals surface area contributed by atoms with Crippen LogP contribution in [0.4, 0.5) is 8.78 Å². The monoisotopic (exact) mass is 347 g/mol. The summed E-state index contributed by atoms with van der Waals surface area (Å²) in [6, 6.07) is 8.74. The number of aromatic nitrogens is 2. The van der Waals surface area contributed by atoms with Crippen LogP contribution < -0.4 is 0 Å². The van der Waals surface area contributed by atoms with Crippen molar-refractivity contribution in [1.82, 2.24) is 15.1 Å². The van der Waals surface area contributed by atoms with Gasteiger partial charge in [0.2, 0.25) is 0 Å². The second-order valence-corrected chi connectivity index (χ2v) is 6.36. The van der Waals surface area contributed by atoms with Gasteiger partial charge < -0.3 is 4.90 Å². The quantitative estimate of drug-likeness (QED) is 0.767. The van der Waals surface area contributed by atoms with E-state index >= 15 is 0 Å². The fourth-order valence-corrected chi connectivity index (χ4v) is 3.03. The first-order valence-corrected chi connectivity index (χ1v) is 8.16. The number of nitrogens with zero attached hydrogens (tertiary/aromatic N) is 2. The Bertz CT molecular complexity index is 861. The van der Waals surface area contributed by atoms with Crippen LogP contribution in [0.25, 0.3) is 10.6 Å². The molecule has 2 heterocycles. The van der Waals surface area contributed by atoms with Crippen LogP contribution in [0.5, 0.6) is 0 Å². The third-order valence-corrected chi connectivity index (χ3v) is 4.81. The van der Waals surface area contributed by atoms with Crippen molar-refractivity contribution in [2.75, 3.05) is 7.05 Å². The van der Waals surface area contributed by atoms with Gasteiger partial charge in [-0.3, -0.25) is 9.89 Å². The molecule has 0 aliphatic rings. The number of amides is 1. The number of nitrogens with one attached hydrogen (secondary N) is 1. The van der Waals surface area contributed by atoms with Crippen LogP contribution in [-0.2, 0) is 0 Å². The summed E-state index contributed by atoms with van der Waals surface area (Å²) in [5.74, 6) is -2.14. The van der Waals surface area contributed by atoms with E-state index in [0.717, 1.165) is 22.7 Å². The van der Waals surface area contributed by atoms with Gasteiger partial charge in [0.25, 0.3) is 5.91 Å². The maximum absolute atomic E-state index is 13.4. The molecule has 0 fully saturated rings. The van der Waals surface area contributed by atoms with E-state index in [1.165, 1.54) is 11.0 Å². The molecule has 7 heteroatoms. The number of hydrogen-bond acceptors (Lipinski definition) is 3. The van der Waals surface area contributed by atoms with Gasteiger partial charge in [0.1, 0.15) is 0 Å². The lowest BCUT2D eigenvalue weighted by Crippen LogP contribution is -2.30. The van der Waals surface area contributed by atoms with Crippen LogP contribution in [0.2, 0.25) is 0 Å². The Morgan fingerprint density at radius 1 is 1.25 bits per heavy atom. The van der Waals surface area contributed by atoms with Gasteiger partial charge in [-0.1, -0.05) is 12.1 Å². The molecule has 3 rings (SSSR count). The molecule has 24 heavy (non-hydrogen) atoms. The first-order valence-electron chi connectivity index (χ1n) is 7.28. The molecule has 0 saturated heterocycles. The Balaban J connectivity index is 1.80. The largest absolute Gasteiger partial charge is 0.334 e. The lowest BCUT2D eigenvalue weighted by Gasteiger charge is -2.24. The number of halogens is 2. The number of carbonyl (C=O) groups excluding carboxylic acids is 1. The summed E-state index contributed by atoms with van der Waals surface area (Å²) in [5, 5.41) is 8.84. The van der Waals surface area contributed by atoms with Gasteiger partial charge in [-0.15, -0.1) is 11.3 Å². The predicted molar refractivity (Wildman–Crippen MR) is 88.8 cm³/mol. The van der Waals surface area contributed by atoms with Gasteiger partial charge in [0.15, 0.2) is 17.3 Å². The normalized spacial score (nSPS) is 12.2. The average molecular weight is 347 g/mol. The number of H-pyrrole nitrogens is 1. The van der Waals surface area contributed by atoms with E-state index in [0.29, 0.717) is 5.56 Å². The number of hydrogen-bond donors (Lipinski definition) is 1. The lowest BCUT2D eigenvalue weighted by molar-refractivity contribution is 0.0736. The smallest absolute Gasteiger partial charge is 0.274 e. The van der Waals surface area contributed by atoms with Crippen molar-refractivity contribution in [3.05, 3.63) is 64.7 Å². The van der Waals surface area contributed by atoms with Crippen LogP contribution in [0.15, 0.2) is 41.8 Å². The van der Waals surface area contributed by atoms with Gasteiger partial charge in [0, 0.05) is 7.05 Å². The van der Waals surface area contributed by atoms with Crippen LogP contribution in [-0.4, -0.2) is 28.1 Å². The van der Waals surface area contributed by atoms with E-state index in [-0.39, 0.29) is 11.6 Å². The Kier molecular flexibility index (Phi) is 4.44. The van der Waals surface area contributed by atoms with E-state index in [1.807, 2.05) is 17.5 Å². The first kappa shape index (κ1) is 16.3. The van der Waals surface area contributed by atoms with Crippen molar-refractivity contribution in [3.63, 3.8) is 0 Å². The Labute approximate surface area is 141 Å². The molecule has 3 aromatic rings. The van der Waals surface area contributed by atoms with E-state index < -0.39 is 17.7 Å². The van der Waals surface area contributed by atoms with Crippen LogP contribution in [0.3, 0.4) is 0 Å². The highest BCUT2D eigenvalue weighted by Gasteiger charge is 2.22. The van der Waals surface area contributed by atoms with Crippen LogP contribution >= 0.6 is 11.3 Å². The van der Waals surface area contributed by atoms with E-state index in [2.05, 4.69) is 10.2 Å². The molecule has 1 amide bonds. The van der Waals surface area contributed by atoms with Crippen molar-refractivity contribution in [3.8, 4) is 10.6 Å². The molecule has 0 aliphatic carbocycles. The molecule has 124 valence electrons. The predicted octanol–water partition coefficient (Wildman–Crippen LogP) is 4.25. The summed E-state index contributed by atoms with van der Waals surface area (Å²) in [6.45, 7) is 1.75. The molecule has 0 bridgehead atoms. The summed E-state index contributed by atoms with van der Waals surface area (Å²) >= 11 is 1.54. The SMILES string of the molecule is CC(c1ccc(F)c(F)c1)N(C)C(=O)c1cc(-c2cccs2)[nH]n1. The summed E-state index contributed by atoms with van der Waals surface area (Å²) < 4.78 is 26.4. The van der Waals surface area contributed by atoms with Crippen molar-refractivity contribution < 1.29 is 13.6 Å². The molecule has 1 aromatic carbocycles. The number of aromatic amines is 1. The van der Waals surface area contributed by atoms with Gasteiger partial charge >= 0.3 is 0 Å². The Morgan fingerprint density at radius 2 is 2.04 bits per heavy atom. The zero-order chi connectivity index (χ0) is 17.3. The summed E-state index contributed by atoms with van der Waals surface area (Å²) in [5.41, 5.74) is 1.55. The molecule has 4 nitrogen and oxygen atoms in total. The van der Waals surface area contributed by atoms with Gasteiger partial charge in [-0.2, -0.15) is 5.10 Å². The van der Waals surface area contributed by atoms with E-state index in [9.17, 15) is 13.6 Å². The highest BCUT2D eigenvalue weighted by atomic mass is 32.1. The highest BCUT2D eigenvalue weighted by molar-refractivity contribution is 7.13. The minimum Gasteiger partial charge on any atom is -0.334 e. The summed E-state index contributed by atoms with van der Waals surface area (Å²) in [6.07, 6.45) is 0. The molecule has 0 saturated carbocycles. The highest BCUT2D eigenvalue weighted by Crippen LogP contribution is 2.25. The lowest BCUT2D eigenvalue weighted by atomic mass is 10.1. The minimum absolute atomic E-state index is 0.273. The maximum atomic E-state index is 13.4. The topological polar surface area (TPSA) is 49.0 Å². The van der Waals surface area contributed by atoms with Crippen molar-refractivity contribution in [2.24, 2.45) is 0 Å². The molecule has 1 N–H and O–H groups in total. The number of carbonyl (C=O) groups is 1. The molecular formula is C17H15F2N3OS. The van der Waals surface area contributed by atoms with Crippen LogP contribution in [0, 0.1) is 11.6 Å². The van der Waals surface area contributed by atoms with Crippen molar-refractivity contribution in [2.45, 2.75) is 13.0 Å². The maximum Gasteiger partial charge on any atom is 0.274 e. The summed E-state index contributed by atoms with van der Waals surface area (Å²) in [7, 11) is 1.60. The molecule has 2 aromatic heterocycles. The fraction of sp³-hybridized carbons (Fsp3) is 0.176. The third kappa shape index (κ3) is 3.07.